The summed E-state index contributed by atoms with van der Waals surface area (Å²) >= 11 is 4.24. The summed E-state index contributed by atoms with van der Waals surface area (Å²) in [6.07, 6.45) is 4.53. The minimum atomic E-state index is 0.00656. The summed E-state index contributed by atoms with van der Waals surface area (Å²) in [4.78, 5) is 0. The van der Waals surface area contributed by atoms with Gasteiger partial charge >= 0.3 is 0 Å². The summed E-state index contributed by atoms with van der Waals surface area (Å²) in [6, 6.07) is 0. The summed E-state index contributed by atoms with van der Waals surface area (Å²) in [6.45, 7) is 4.33. The van der Waals surface area contributed by atoms with Crippen molar-refractivity contribution in [1.82, 2.24) is 0 Å². The van der Waals surface area contributed by atoms with E-state index in [0.717, 1.165) is 31.4 Å². The lowest BCUT2D eigenvalue weighted by Crippen LogP contribution is -2.41. The molecule has 0 aromatic carbocycles. The smallest absolute Gasteiger partial charge is 0.0243 e. The van der Waals surface area contributed by atoms with E-state index in [-0.39, 0.29) is 5.54 Å². The van der Waals surface area contributed by atoms with Gasteiger partial charge in [-0.05, 0) is 12.8 Å². The fourth-order valence-corrected chi connectivity index (χ4v) is 1.60. The Bertz CT molecular complexity index is 77.3. The number of thiol groups is 1. The van der Waals surface area contributed by atoms with Gasteiger partial charge in [-0.1, -0.05) is 26.7 Å². The van der Waals surface area contributed by atoms with Crippen LogP contribution in [-0.2, 0) is 0 Å². The zero-order chi connectivity index (χ0) is 8.04. The predicted molar refractivity (Wildman–Crippen MR) is 50.6 cm³/mol. The van der Waals surface area contributed by atoms with E-state index in [2.05, 4.69) is 26.5 Å². The Labute approximate surface area is 69.8 Å². The molecule has 0 aromatic rings. The molecule has 0 aliphatic heterocycles. The molecule has 0 saturated carbocycles. The molecule has 0 bridgehead atoms. The first kappa shape index (κ1) is 10.3. The molecule has 0 unspecified atom stereocenters. The van der Waals surface area contributed by atoms with Gasteiger partial charge in [0.2, 0.25) is 0 Å². The monoisotopic (exact) mass is 161 g/mol. The van der Waals surface area contributed by atoms with Gasteiger partial charge in [0.1, 0.15) is 0 Å². The molecule has 0 aliphatic carbocycles. The van der Waals surface area contributed by atoms with Gasteiger partial charge in [0.05, 0.1) is 0 Å². The van der Waals surface area contributed by atoms with Crippen LogP contribution in [0.15, 0.2) is 0 Å². The minimum absolute atomic E-state index is 0.00656. The van der Waals surface area contributed by atoms with E-state index >= 15 is 0 Å². The topological polar surface area (TPSA) is 26.0 Å². The molecule has 1 nitrogen and oxygen atoms in total. The van der Waals surface area contributed by atoms with Crippen LogP contribution < -0.4 is 5.73 Å². The number of rotatable bonds is 5. The molecule has 0 aliphatic rings. The molecule has 2 N–H and O–H groups in total. The Morgan fingerprint density at radius 2 is 1.60 bits per heavy atom. The lowest BCUT2D eigenvalue weighted by molar-refractivity contribution is 0.401. The largest absolute Gasteiger partial charge is 0.324 e. The van der Waals surface area contributed by atoms with Crippen LogP contribution in [0.3, 0.4) is 0 Å². The van der Waals surface area contributed by atoms with Gasteiger partial charge in [-0.3, -0.25) is 0 Å². The van der Waals surface area contributed by atoms with Crippen molar-refractivity contribution in [2.75, 3.05) is 5.75 Å². The molecule has 0 atom stereocenters. The van der Waals surface area contributed by atoms with Gasteiger partial charge < -0.3 is 5.73 Å². The van der Waals surface area contributed by atoms with Crippen molar-refractivity contribution in [3.05, 3.63) is 0 Å². The Kier molecular flexibility index (Phi) is 5.18. The molecule has 0 rings (SSSR count). The zero-order valence-corrected chi connectivity index (χ0v) is 7.95. The SMILES string of the molecule is CCCC(N)(CS)CCC. The molecular formula is C8H19NS. The van der Waals surface area contributed by atoms with Crippen LogP contribution >= 0.6 is 12.6 Å². The zero-order valence-electron chi connectivity index (χ0n) is 7.06. The van der Waals surface area contributed by atoms with Gasteiger partial charge in [0.15, 0.2) is 0 Å². The van der Waals surface area contributed by atoms with E-state index in [4.69, 9.17) is 5.73 Å². The Morgan fingerprint density at radius 3 is 1.80 bits per heavy atom. The minimum Gasteiger partial charge on any atom is -0.324 e. The summed E-state index contributed by atoms with van der Waals surface area (Å²) in [7, 11) is 0. The van der Waals surface area contributed by atoms with E-state index in [1.54, 1.807) is 0 Å². The van der Waals surface area contributed by atoms with Gasteiger partial charge in [-0.25, -0.2) is 0 Å². The highest BCUT2D eigenvalue weighted by Gasteiger charge is 2.19. The third-order valence-corrected chi connectivity index (χ3v) is 2.44. The van der Waals surface area contributed by atoms with Crippen molar-refractivity contribution >= 4 is 12.6 Å². The molecule has 0 fully saturated rings. The predicted octanol–water partition coefficient (Wildman–Crippen LogP) is 2.21. The van der Waals surface area contributed by atoms with Crippen LogP contribution in [0.2, 0.25) is 0 Å². The van der Waals surface area contributed by atoms with Gasteiger partial charge in [0, 0.05) is 11.3 Å². The molecule has 0 spiro atoms. The average Bonchev–Trinajstić information content (AvgIpc) is 1.89. The summed E-state index contributed by atoms with van der Waals surface area (Å²) < 4.78 is 0. The molecule has 0 heterocycles. The third kappa shape index (κ3) is 3.47. The van der Waals surface area contributed by atoms with Crippen molar-refractivity contribution < 1.29 is 0 Å². The summed E-state index contributed by atoms with van der Waals surface area (Å²) in [5, 5.41) is 0. The maximum Gasteiger partial charge on any atom is 0.0243 e. The highest BCUT2D eigenvalue weighted by atomic mass is 32.1. The number of hydrogen-bond acceptors (Lipinski definition) is 2. The van der Waals surface area contributed by atoms with E-state index in [0.29, 0.717) is 0 Å². The van der Waals surface area contributed by atoms with Crippen LogP contribution in [0.1, 0.15) is 39.5 Å². The maximum absolute atomic E-state index is 6.04. The molecule has 0 amide bonds. The fraction of sp³-hybridized carbons (Fsp3) is 1.00. The number of hydrogen-bond donors (Lipinski definition) is 2. The molecule has 0 radical (unpaired) electrons. The second-order valence-electron chi connectivity index (χ2n) is 3.02. The second-order valence-corrected chi connectivity index (χ2v) is 3.34. The van der Waals surface area contributed by atoms with Crippen LogP contribution in [0.25, 0.3) is 0 Å². The first-order valence-corrected chi connectivity index (χ1v) is 4.71. The van der Waals surface area contributed by atoms with E-state index < -0.39 is 0 Å². The van der Waals surface area contributed by atoms with E-state index in [1.165, 1.54) is 0 Å². The first-order chi connectivity index (χ1) is 4.68. The molecule has 62 valence electrons. The lowest BCUT2D eigenvalue weighted by Gasteiger charge is -2.26. The highest BCUT2D eigenvalue weighted by Crippen LogP contribution is 2.17. The van der Waals surface area contributed by atoms with Crippen molar-refractivity contribution in [3.63, 3.8) is 0 Å². The Balaban J connectivity index is 3.69. The Morgan fingerprint density at radius 1 is 1.20 bits per heavy atom. The Hall–Kier alpha value is 0.310. The average molecular weight is 161 g/mol. The normalized spacial score (nSPS) is 12.0. The third-order valence-electron chi connectivity index (χ3n) is 1.81. The van der Waals surface area contributed by atoms with Gasteiger partial charge in [-0.15, -0.1) is 0 Å². The van der Waals surface area contributed by atoms with Gasteiger partial charge in [0.25, 0.3) is 0 Å². The van der Waals surface area contributed by atoms with E-state index in [1.807, 2.05) is 0 Å². The second kappa shape index (κ2) is 5.03. The molecule has 2 heteroatoms. The molecule has 10 heavy (non-hydrogen) atoms. The highest BCUT2D eigenvalue weighted by molar-refractivity contribution is 7.80. The van der Waals surface area contributed by atoms with Crippen LogP contribution in [-0.4, -0.2) is 11.3 Å². The first-order valence-electron chi connectivity index (χ1n) is 4.08. The lowest BCUT2D eigenvalue weighted by atomic mass is 9.92. The summed E-state index contributed by atoms with van der Waals surface area (Å²) in [5.41, 5.74) is 6.05. The maximum atomic E-state index is 6.04. The van der Waals surface area contributed by atoms with Crippen molar-refractivity contribution in [2.24, 2.45) is 5.73 Å². The van der Waals surface area contributed by atoms with Gasteiger partial charge in [-0.2, -0.15) is 12.6 Å². The molecular weight excluding hydrogens is 142 g/mol. The van der Waals surface area contributed by atoms with Crippen LogP contribution in [0.5, 0.6) is 0 Å². The van der Waals surface area contributed by atoms with Crippen LogP contribution in [0, 0.1) is 0 Å². The fourth-order valence-electron chi connectivity index (χ4n) is 1.28. The van der Waals surface area contributed by atoms with Crippen molar-refractivity contribution in [2.45, 2.75) is 45.1 Å². The van der Waals surface area contributed by atoms with Crippen LogP contribution in [0.4, 0.5) is 0 Å². The van der Waals surface area contributed by atoms with Crippen molar-refractivity contribution in [1.29, 1.82) is 0 Å². The van der Waals surface area contributed by atoms with Crippen molar-refractivity contribution in [3.8, 4) is 0 Å². The standard InChI is InChI=1S/C8H19NS/c1-3-5-8(9,7-10)6-4-2/h10H,3-7,9H2,1-2H3. The summed E-state index contributed by atoms with van der Waals surface area (Å²) in [5.74, 6) is 0.814. The molecule has 0 aromatic heterocycles. The van der Waals surface area contributed by atoms with E-state index in [9.17, 15) is 0 Å². The quantitative estimate of drug-likeness (QED) is 0.594. The molecule has 0 saturated heterocycles. The number of nitrogens with two attached hydrogens (primary N) is 1.